The van der Waals surface area contributed by atoms with Gasteiger partial charge in [0.2, 0.25) is 5.82 Å². The summed E-state index contributed by atoms with van der Waals surface area (Å²) in [5.74, 6) is -8.27. The van der Waals surface area contributed by atoms with Gasteiger partial charge < -0.3 is 24.8 Å². The summed E-state index contributed by atoms with van der Waals surface area (Å²) in [5, 5.41) is 5.36. The largest absolute Gasteiger partial charge is 0.493 e. The number of halogens is 6. The maximum absolute atomic E-state index is 14.6. The number of ether oxygens (including phenoxy) is 3. The number of benzene rings is 1. The monoisotopic (exact) mass is 533 g/mol. The van der Waals surface area contributed by atoms with Crippen LogP contribution in [0.1, 0.15) is 37.1 Å². The molecule has 5 atom stereocenters. The number of rotatable bonds is 5. The molecule has 2 aliphatic rings. The Morgan fingerprint density at radius 3 is 2.59 bits per heavy atom. The molecule has 2 saturated heterocycles. The molecular weight excluding hydrogens is 508 g/mol. The van der Waals surface area contributed by atoms with Crippen molar-refractivity contribution in [2.45, 2.75) is 43.8 Å². The molecule has 4 rings (SSSR count). The summed E-state index contributed by atoms with van der Waals surface area (Å²) in [7, 11) is 1.02. The molecule has 202 valence electrons. The van der Waals surface area contributed by atoms with Crippen LogP contribution in [-0.4, -0.2) is 55.6 Å². The van der Waals surface area contributed by atoms with Crippen LogP contribution in [0, 0.1) is 23.4 Å². The Bertz CT molecular complexity index is 1170. The molecule has 0 aliphatic carbocycles. The van der Waals surface area contributed by atoms with E-state index in [-0.39, 0.29) is 11.3 Å². The number of nitrogens with zero attached hydrogens (tertiary/aromatic N) is 1. The number of hydrogen-bond donors (Lipinski definition) is 2. The van der Waals surface area contributed by atoms with Gasteiger partial charge >= 0.3 is 6.18 Å². The Hall–Kier alpha value is -2.90. The molecular formula is C24H25F6N3O4. The van der Waals surface area contributed by atoms with Crippen molar-refractivity contribution in [2.75, 3.05) is 32.1 Å². The van der Waals surface area contributed by atoms with Crippen molar-refractivity contribution in [2.24, 2.45) is 5.92 Å². The fourth-order valence-corrected chi connectivity index (χ4v) is 4.73. The summed E-state index contributed by atoms with van der Waals surface area (Å²) < 4.78 is 101. The number of carbonyl (C=O) groups is 1. The fraction of sp³-hybridized carbons (Fsp3) is 0.500. The summed E-state index contributed by atoms with van der Waals surface area (Å²) in [6, 6.07) is 2.99. The number of hydrogen-bond acceptors (Lipinski definition) is 6. The van der Waals surface area contributed by atoms with E-state index in [9.17, 15) is 31.1 Å². The van der Waals surface area contributed by atoms with Gasteiger partial charge in [-0.2, -0.15) is 17.6 Å². The Morgan fingerprint density at radius 1 is 1.24 bits per heavy atom. The van der Waals surface area contributed by atoms with E-state index in [2.05, 4.69) is 15.6 Å². The first-order valence-electron chi connectivity index (χ1n) is 11.4. The third-order valence-electron chi connectivity index (χ3n) is 6.96. The minimum atomic E-state index is -4.92. The molecule has 7 nitrogen and oxygen atoms in total. The number of methoxy groups -OCH3 is 1. The van der Waals surface area contributed by atoms with Gasteiger partial charge in [0.25, 0.3) is 5.91 Å². The number of alkyl halides is 3. The number of pyridine rings is 1. The highest BCUT2D eigenvalue weighted by molar-refractivity contribution is 5.95. The van der Waals surface area contributed by atoms with Gasteiger partial charge in [-0.05, 0) is 19.1 Å². The van der Waals surface area contributed by atoms with Crippen LogP contribution < -0.4 is 15.4 Å². The van der Waals surface area contributed by atoms with Gasteiger partial charge in [-0.3, -0.25) is 9.78 Å². The van der Waals surface area contributed by atoms with E-state index in [0.29, 0.717) is 25.4 Å². The maximum Gasteiger partial charge on any atom is 0.417 e. The van der Waals surface area contributed by atoms with Crippen LogP contribution in [0.15, 0.2) is 24.4 Å². The highest BCUT2D eigenvalue weighted by atomic mass is 19.4. The van der Waals surface area contributed by atoms with Crippen molar-refractivity contribution in [3.63, 3.8) is 0 Å². The molecule has 0 bridgehead atoms. The fourth-order valence-electron chi connectivity index (χ4n) is 4.73. The molecule has 2 fully saturated rings. The van der Waals surface area contributed by atoms with Crippen molar-refractivity contribution in [3.05, 3.63) is 53.1 Å². The first kappa shape index (κ1) is 27.1. The number of aromatic nitrogens is 1. The maximum atomic E-state index is 14.6. The number of carbonyl (C=O) groups excluding carboxylic acids is 1. The third kappa shape index (κ3) is 4.87. The van der Waals surface area contributed by atoms with Crippen LogP contribution in [0.5, 0.6) is 5.75 Å². The molecule has 0 unspecified atom stereocenters. The Labute approximate surface area is 208 Å². The predicted molar refractivity (Wildman–Crippen MR) is 119 cm³/mol. The normalized spacial score (nSPS) is 28.2. The van der Waals surface area contributed by atoms with Crippen molar-refractivity contribution in [1.82, 2.24) is 10.3 Å². The van der Waals surface area contributed by atoms with Crippen LogP contribution in [0.4, 0.5) is 32.0 Å². The lowest BCUT2D eigenvalue weighted by atomic mass is 9.77. The summed E-state index contributed by atoms with van der Waals surface area (Å²) in [6.45, 7) is 3.34. The molecule has 37 heavy (non-hydrogen) atoms. The van der Waals surface area contributed by atoms with Crippen LogP contribution in [0.2, 0.25) is 0 Å². The van der Waals surface area contributed by atoms with Gasteiger partial charge in [-0.25, -0.2) is 8.78 Å². The summed E-state index contributed by atoms with van der Waals surface area (Å²) in [5.41, 5.74) is -3.08. The third-order valence-corrected chi connectivity index (χ3v) is 6.96. The lowest BCUT2D eigenvalue weighted by Crippen LogP contribution is -2.47. The lowest BCUT2D eigenvalue weighted by Gasteiger charge is -2.32. The molecule has 1 amide bonds. The second kappa shape index (κ2) is 10.1. The lowest BCUT2D eigenvalue weighted by molar-refractivity contribution is -0.272. The minimum absolute atomic E-state index is 0.195. The zero-order chi connectivity index (χ0) is 27.1. The molecule has 2 aliphatic heterocycles. The summed E-state index contributed by atoms with van der Waals surface area (Å²) in [4.78, 5) is 17.3. The van der Waals surface area contributed by atoms with Crippen molar-refractivity contribution in [1.29, 1.82) is 0 Å². The molecule has 2 N–H and O–H groups in total. The highest BCUT2D eigenvalue weighted by Crippen LogP contribution is 2.55. The van der Waals surface area contributed by atoms with E-state index < -0.39 is 64.9 Å². The molecule has 0 spiro atoms. The van der Waals surface area contributed by atoms with Crippen LogP contribution in [0.3, 0.4) is 0 Å². The van der Waals surface area contributed by atoms with Crippen LogP contribution in [-0.2, 0) is 14.3 Å². The van der Waals surface area contributed by atoms with E-state index in [0.717, 1.165) is 32.4 Å². The first-order chi connectivity index (χ1) is 17.4. The van der Waals surface area contributed by atoms with E-state index in [1.165, 1.54) is 13.0 Å². The van der Waals surface area contributed by atoms with E-state index in [1.54, 1.807) is 0 Å². The zero-order valence-electron chi connectivity index (χ0n) is 20.1. The molecule has 1 aromatic carbocycles. The summed E-state index contributed by atoms with van der Waals surface area (Å²) in [6.07, 6.45) is -6.45. The van der Waals surface area contributed by atoms with Gasteiger partial charge in [-0.15, -0.1) is 0 Å². The smallest absolute Gasteiger partial charge is 0.417 e. The minimum Gasteiger partial charge on any atom is -0.493 e. The molecule has 0 radical (unpaired) electrons. The van der Waals surface area contributed by atoms with Gasteiger partial charge in [-0.1, -0.05) is 13.0 Å². The second-order valence-electron chi connectivity index (χ2n) is 9.08. The predicted octanol–water partition coefficient (Wildman–Crippen LogP) is 4.25. The highest BCUT2D eigenvalue weighted by Gasteiger charge is 2.66. The average Bonchev–Trinajstić information content (AvgIpc) is 3.14. The zero-order valence-corrected chi connectivity index (χ0v) is 20.1. The van der Waals surface area contributed by atoms with E-state index >= 15 is 0 Å². The Kier molecular flexibility index (Phi) is 7.41. The number of nitrogens with one attached hydrogen (secondary N) is 2. The van der Waals surface area contributed by atoms with Crippen molar-refractivity contribution < 1.29 is 45.3 Å². The molecule has 2 aromatic rings. The first-order valence-corrected chi connectivity index (χ1v) is 11.4. The molecule has 1 aromatic heterocycles. The van der Waals surface area contributed by atoms with Crippen molar-refractivity contribution >= 4 is 11.6 Å². The van der Waals surface area contributed by atoms with Gasteiger partial charge in [0.1, 0.15) is 12.2 Å². The second-order valence-corrected chi connectivity index (χ2v) is 9.08. The molecule has 3 heterocycles. The molecule has 13 heteroatoms. The SMILES string of the molecule is COc1c([C@H]2[C@H](C(=O)Nc3cc([C@H]4CNCCO4)ncc3F)O[C@@](C)(C(F)(F)F)[C@H]2C)ccc(F)c1F. The Morgan fingerprint density at radius 2 is 1.97 bits per heavy atom. The van der Waals surface area contributed by atoms with E-state index in [4.69, 9.17) is 14.2 Å². The number of anilines is 1. The van der Waals surface area contributed by atoms with Crippen molar-refractivity contribution in [3.8, 4) is 5.75 Å². The standard InChI is InChI=1S/C24H25F6N3O4/c1-11-18(12-4-5-13(25)19(27)20(12)35-3)21(37-23(11,2)24(28,29)30)22(34)33-15-8-16(32-9-14(15)26)17-10-31-6-7-36-17/h4-5,8-9,11,17-18,21,31H,6-7,10H2,1-3H3,(H,32,33,34)/t11-,17+,18-,21+,23+/m0/s1. The summed E-state index contributed by atoms with van der Waals surface area (Å²) >= 11 is 0. The van der Waals surface area contributed by atoms with Gasteiger partial charge in [0, 0.05) is 30.5 Å². The van der Waals surface area contributed by atoms with Gasteiger partial charge in [0.15, 0.2) is 23.0 Å². The average molecular weight is 533 g/mol. The quantitative estimate of drug-likeness (QED) is 0.560. The number of amides is 1. The van der Waals surface area contributed by atoms with Crippen LogP contribution in [0.25, 0.3) is 0 Å². The molecule has 0 saturated carbocycles. The number of morpholine rings is 1. The Balaban J connectivity index is 1.72. The topological polar surface area (TPSA) is 81.7 Å². The van der Waals surface area contributed by atoms with Crippen LogP contribution >= 0.6 is 0 Å². The van der Waals surface area contributed by atoms with Gasteiger partial charge in [0.05, 0.1) is 31.3 Å². The van der Waals surface area contributed by atoms with E-state index in [1.807, 2.05) is 0 Å².